The van der Waals surface area contributed by atoms with Gasteiger partial charge in [0.05, 0.1) is 6.54 Å². The molecule has 5 heteroatoms. The van der Waals surface area contributed by atoms with Crippen LogP contribution < -0.4 is 16.0 Å². The van der Waals surface area contributed by atoms with Gasteiger partial charge < -0.3 is 16.0 Å². The highest BCUT2D eigenvalue weighted by atomic mass is 16.2. The predicted molar refractivity (Wildman–Crippen MR) is 92.8 cm³/mol. The van der Waals surface area contributed by atoms with E-state index in [-0.39, 0.29) is 29.8 Å². The van der Waals surface area contributed by atoms with Crippen LogP contribution in [0.1, 0.15) is 40.2 Å². The molecular weight excluding hydrogens is 290 g/mol. The van der Waals surface area contributed by atoms with Crippen LogP contribution in [0.4, 0.5) is 0 Å². The molecule has 0 aliphatic carbocycles. The Bertz CT molecular complexity index is 507. The van der Waals surface area contributed by atoms with E-state index in [0.717, 1.165) is 5.56 Å². The zero-order valence-electron chi connectivity index (χ0n) is 14.8. The van der Waals surface area contributed by atoms with Crippen molar-refractivity contribution in [1.29, 1.82) is 0 Å². The van der Waals surface area contributed by atoms with E-state index in [9.17, 15) is 9.59 Å². The Labute approximate surface area is 139 Å². The van der Waals surface area contributed by atoms with Crippen molar-refractivity contribution in [2.24, 2.45) is 5.92 Å². The molecule has 2 amide bonds. The molecule has 0 spiro atoms. The summed E-state index contributed by atoms with van der Waals surface area (Å²) in [5.41, 5.74) is 0.798. The van der Waals surface area contributed by atoms with Crippen LogP contribution in [0.25, 0.3) is 0 Å². The summed E-state index contributed by atoms with van der Waals surface area (Å²) in [4.78, 5) is 24.3. The lowest BCUT2D eigenvalue weighted by Gasteiger charge is -2.27. The molecule has 0 aromatic heterocycles. The average molecular weight is 319 g/mol. The molecule has 23 heavy (non-hydrogen) atoms. The summed E-state index contributed by atoms with van der Waals surface area (Å²) in [6.07, 6.45) is 0. The second kappa shape index (κ2) is 8.67. The summed E-state index contributed by atoms with van der Waals surface area (Å²) in [6, 6.07) is 9.35. The minimum atomic E-state index is -0.528. The molecule has 128 valence electrons. The number of amides is 2. The van der Waals surface area contributed by atoms with Gasteiger partial charge in [0, 0.05) is 12.1 Å². The highest BCUT2D eigenvalue weighted by Crippen LogP contribution is 2.06. The average Bonchev–Trinajstić information content (AvgIpc) is 2.43. The lowest BCUT2D eigenvalue weighted by Crippen LogP contribution is -2.55. The zero-order chi connectivity index (χ0) is 17.5. The number of hydrogen-bond donors (Lipinski definition) is 3. The van der Waals surface area contributed by atoms with Gasteiger partial charge in [-0.05, 0) is 32.3 Å². The summed E-state index contributed by atoms with van der Waals surface area (Å²) < 4.78 is 0. The van der Waals surface area contributed by atoms with E-state index in [1.54, 1.807) is 0 Å². The summed E-state index contributed by atoms with van der Waals surface area (Å²) >= 11 is 0. The van der Waals surface area contributed by atoms with Crippen molar-refractivity contribution in [2.45, 2.75) is 52.7 Å². The molecule has 0 fully saturated rings. The van der Waals surface area contributed by atoms with Gasteiger partial charge in [-0.15, -0.1) is 0 Å². The van der Waals surface area contributed by atoms with E-state index >= 15 is 0 Å². The highest BCUT2D eigenvalue weighted by molar-refractivity contribution is 5.88. The fourth-order valence-electron chi connectivity index (χ4n) is 2.12. The number of carbonyl (C=O) groups is 2. The van der Waals surface area contributed by atoms with Crippen molar-refractivity contribution in [3.05, 3.63) is 35.9 Å². The van der Waals surface area contributed by atoms with Crippen LogP contribution in [0.2, 0.25) is 0 Å². The van der Waals surface area contributed by atoms with Crippen LogP contribution in [0.3, 0.4) is 0 Å². The predicted octanol–water partition coefficient (Wildman–Crippen LogP) is 1.83. The first-order valence-electron chi connectivity index (χ1n) is 8.05. The topological polar surface area (TPSA) is 70.2 Å². The quantitative estimate of drug-likeness (QED) is 0.718. The van der Waals surface area contributed by atoms with Gasteiger partial charge in [-0.3, -0.25) is 9.59 Å². The molecule has 0 aliphatic rings. The standard InChI is InChI=1S/C18H29N3O2/c1-13(2)16(17(23)21-18(3,4)5)20-15(22)12-19-11-14-9-7-6-8-10-14/h6-10,13,16,19H,11-12H2,1-5H3,(H,20,22)(H,21,23)/t16-/m0/s1. The Morgan fingerprint density at radius 3 is 2.22 bits per heavy atom. The van der Waals surface area contributed by atoms with Crippen molar-refractivity contribution in [3.8, 4) is 0 Å². The summed E-state index contributed by atoms with van der Waals surface area (Å²) in [6.45, 7) is 10.4. The Balaban J connectivity index is 2.46. The lowest BCUT2D eigenvalue weighted by molar-refractivity contribution is -0.130. The van der Waals surface area contributed by atoms with Crippen molar-refractivity contribution in [3.63, 3.8) is 0 Å². The normalized spacial score (nSPS) is 12.8. The molecule has 0 radical (unpaired) electrons. The molecule has 5 nitrogen and oxygen atoms in total. The molecule has 1 aromatic carbocycles. The van der Waals surface area contributed by atoms with Gasteiger partial charge in [0.15, 0.2) is 0 Å². The number of nitrogens with one attached hydrogen (secondary N) is 3. The number of benzene rings is 1. The van der Waals surface area contributed by atoms with E-state index < -0.39 is 6.04 Å². The van der Waals surface area contributed by atoms with Crippen molar-refractivity contribution in [1.82, 2.24) is 16.0 Å². The monoisotopic (exact) mass is 319 g/mol. The molecule has 0 saturated carbocycles. The smallest absolute Gasteiger partial charge is 0.243 e. The molecule has 0 unspecified atom stereocenters. The molecule has 3 N–H and O–H groups in total. The second-order valence-electron chi connectivity index (χ2n) is 7.12. The maximum absolute atomic E-state index is 12.3. The molecule has 0 bridgehead atoms. The molecule has 0 aliphatic heterocycles. The van der Waals surface area contributed by atoms with Crippen LogP contribution in [-0.2, 0) is 16.1 Å². The first-order valence-corrected chi connectivity index (χ1v) is 8.05. The van der Waals surface area contributed by atoms with E-state index in [4.69, 9.17) is 0 Å². The fraction of sp³-hybridized carbons (Fsp3) is 0.556. The SMILES string of the molecule is CC(C)[C@H](NC(=O)CNCc1ccccc1)C(=O)NC(C)(C)C. The zero-order valence-corrected chi connectivity index (χ0v) is 14.8. The van der Waals surface area contributed by atoms with Gasteiger partial charge in [0.2, 0.25) is 11.8 Å². The largest absolute Gasteiger partial charge is 0.350 e. The van der Waals surface area contributed by atoms with Gasteiger partial charge in [-0.2, -0.15) is 0 Å². The molecular formula is C18H29N3O2. The lowest BCUT2D eigenvalue weighted by atomic mass is 10.0. The Morgan fingerprint density at radius 2 is 1.70 bits per heavy atom. The van der Waals surface area contributed by atoms with Crippen LogP contribution in [0.15, 0.2) is 30.3 Å². The van der Waals surface area contributed by atoms with Crippen molar-refractivity contribution >= 4 is 11.8 Å². The molecule has 0 heterocycles. The van der Waals surface area contributed by atoms with Gasteiger partial charge in [0.1, 0.15) is 6.04 Å². The minimum Gasteiger partial charge on any atom is -0.350 e. The third-order valence-corrected chi connectivity index (χ3v) is 3.22. The summed E-state index contributed by atoms with van der Waals surface area (Å²) in [5, 5.41) is 8.81. The summed E-state index contributed by atoms with van der Waals surface area (Å²) in [7, 11) is 0. The van der Waals surface area contributed by atoms with Crippen LogP contribution in [-0.4, -0.2) is 29.9 Å². The van der Waals surface area contributed by atoms with Gasteiger partial charge >= 0.3 is 0 Å². The van der Waals surface area contributed by atoms with Gasteiger partial charge in [-0.25, -0.2) is 0 Å². The van der Waals surface area contributed by atoms with Crippen molar-refractivity contribution in [2.75, 3.05) is 6.54 Å². The minimum absolute atomic E-state index is 0.0235. The fourth-order valence-corrected chi connectivity index (χ4v) is 2.12. The highest BCUT2D eigenvalue weighted by Gasteiger charge is 2.26. The van der Waals surface area contributed by atoms with Crippen LogP contribution in [0.5, 0.6) is 0 Å². The first kappa shape index (κ1) is 19.2. The third-order valence-electron chi connectivity index (χ3n) is 3.22. The van der Waals surface area contributed by atoms with E-state index in [0.29, 0.717) is 6.54 Å². The Morgan fingerprint density at radius 1 is 1.09 bits per heavy atom. The Kier molecular flexibility index (Phi) is 7.23. The third kappa shape index (κ3) is 7.79. The van der Waals surface area contributed by atoms with Crippen LogP contribution in [0, 0.1) is 5.92 Å². The number of carbonyl (C=O) groups excluding carboxylic acids is 2. The molecule has 1 atom stereocenters. The van der Waals surface area contributed by atoms with Gasteiger partial charge in [-0.1, -0.05) is 44.2 Å². The van der Waals surface area contributed by atoms with Crippen LogP contribution >= 0.6 is 0 Å². The molecule has 1 rings (SSSR count). The van der Waals surface area contributed by atoms with E-state index in [1.165, 1.54) is 0 Å². The maximum atomic E-state index is 12.3. The second-order valence-corrected chi connectivity index (χ2v) is 7.12. The molecule has 0 saturated heterocycles. The maximum Gasteiger partial charge on any atom is 0.243 e. The van der Waals surface area contributed by atoms with Gasteiger partial charge in [0.25, 0.3) is 0 Å². The van der Waals surface area contributed by atoms with E-state index in [1.807, 2.05) is 65.0 Å². The first-order chi connectivity index (χ1) is 10.7. The number of hydrogen-bond acceptors (Lipinski definition) is 3. The number of rotatable bonds is 7. The van der Waals surface area contributed by atoms with Crippen molar-refractivity contribution < 1.29 is 9.59 Å². The van der Waals surface area contributed by atoms with E-state index in [2.05, 4.69) is 16.0 Å². The Hall–Kier alpha value is -1.88. The summed E-state index contributed by atoms with van der Waals surface area (Å²) in [5.74, 6) is -0.303. The molecule has 1 aromatic rings.